The number of aryl methyl sites for hydroxylation is 1. The average Bonchev–Trinajstić information content (AvgIpc) is 3.01. The van der Waals surface area contributed by atoms with Gasteiger partial charge in [-0.05, 0) is 31.8 Å². The van der Waals surface area contributed by atoms with E-state index in [4.69, 9.17) is 9.47 Å². The summed E-state index contributed by atoms with van der Waals surface area (Å²) in [4.78, 5) is 8.64. The van der Waals surface area contributed by atoms with Crippen molar-refractivity contribution < 1.29 is 13.7 Å². The Labute approximate surface area is 150 Å². The number of nitrogens with one attached hydrogen (secondary N) is 1. The Kier molecular flexibility index (Phi) is 5.84. The fraction of sp³-hybridized carbons (Fsp3) is 0.412. The van der Waals surface area contributed by atoms with Crippen LogP contribution in [0, 0.1) is 13.8 Å². The van der Waals surface area contributed by atoms with Gasteiger partial charge >= 0.3 is 0 Å². The summed E-state index contributed by atoms with van der Waals surface area (Å²) >= 11 is 0. The monoisotopic (exact) mass is 363 g/mol. The van der Waals surface area contributed by atoms with E-state index in [9.17, 15) is 4.21 Å². The Hall–Kier alpha value is -2.35. The van der Waals surface area contributed by atoms with Crippen molar-refractivity contribution in [1.82, 2.24) is 9.97 Å². The Balaban J connectivity index is 0.00000225. The lowest BCUT2D eigenvalue weighted by Crippen LogP contribution is -2.21. The van der Waals surface area contributed by atoms with Gasteiger partial charge in [-0.2, -0.15) is 0 Å². The van der Waals surface area contributed by atoms with Crippen molar-refractivity contribution in [1.29, 1.82) is 0 Å². The van der Waals surface area contributed by atoms with Crippen LogP contribution in [0.1, 0.15) is 24.2 Å². The molecule has 0 amide bonds. The highest BCUT2D eigenvalue weighted by Crippen LogP contribution is 2.39. The fourth-order valence-electron chi connectivity index (χ4n) is 2.59. The van der Waals surface area contributed by atoms with Crippen molar-refractivity contribution in [3.05, 3.63) is 40.5 Å². The standard InChI is InChI=1S/C16H19N4O3S.CH4/c1-9-7-17-12(10(2)14(9)23-4)8-24(21)16-18-11-5-6-13(22-3)19-15(11)20-16;/h5-7,16,18H,8H2,1-4H3;1H4/q-1;. The number of hydrogen-bond donors (Lipinski definition) is 1. The molecule has 1 aliphatic heterocycles. The highest BCUT2D eigenvalue weighted by molar-refractivity contribution is 7.85. The summed E-state index contributed by atoms with van der Waals surface area (Å²) < 4.78 is 23.2. The van der Waals surface area contributed by atoms with E-state index >= 15 is 0 Å². The second-order valence-corrected chi connectivity index (χ2v) is 6.92. The lowest BCUT2D eigenvalue weighted by atomic mass is 10.1. The van der Waals surface area contributed by atoms with E-state index in [1.165, 1.54) is 0 Å². The minimum atomic E-state index is -1.28. The molecule has 0 bridgehead atoms. The summed E-state index contributed by atoms with van der Waals surface area (Å²) in [5, 5.41) is 7.51. The Bertz CT molecular complexity index is 798. The van der Waals surface area contributed by atoms with Gasteiger partial charge in [-0.25, -0.2) is 0 Å². The van der Waals surface area contributed by atoms with Gasteiger partial charge in [-0.15, -0.1) is 0 Å². The Morgan fingerprint density at radius 1 is 1.28 bits per heavy atom. The fourth-order valence-corrected chi connectivity index (χ4v) is 3.78. The van der Waals surface area contributed by atoms with Crippen LogP contribution in [0.5, 0.6) is 11.6 Å². The van der Waals surface area contributed by atoms with Crippen molar-refractivity contribution >= 4 is 22.3 Å². The summed E-state index contributed by atoms with van der Waals surface area (Å²) in [6.07, 6.45) is 1.73. The van der Waals surface area contributed by atoms with Gasteiger partial charge in [-0.3, -0.25) is 9.19 Å². The lowest BCUT2D eigenvalue weighted by Gasteiger charge is -2.18. The van der Waals surface area contributed by atoms with E-state index in [0.717, 1.165) is 28.3 Å². The highest BCUT2D eigenvalue weighted by atomic mass is 32.2. The molecule has 3 rings (SSSR count). The van der Waals surface area contributed by atoms with Crippen LogP contribution in [0.2, 0.25) is 0 Å². The second-order valence-electron chi connectivity index (χ2n) is 5.42. The molecule has 25 heavy (non-hydrogen) atoms. The first-order chi connectivity index (χ1) is 11.5. The van der Waals surface area contributed by atoms with E-state index < -0.39 is 16.3 Å². The molecule has 0 saturated heterocycles. The van der Waals surface area contributed by atoms with E-state index in [1.807, 2.05) is 19.9 Å². The topological polar surface area (TPSA) is 87.4 Å². The van der Waals surface area contributed by atoms with Gasteiger partial charge in [0, 0.05) is 33.8 Å². The zero-order valence-corrected chi connectivity index (χ0v) is 14.8. The normalized spacial score (nSPS) is 16.1. The van der Waals surface area contributed by atoms with Crippen LogP contribution in [-0.2, 0) is 16.6 Å². The van der Waals surface area contributed by atoms with Crippen LogP contribution in [0.25, 0.3) is 5.32 Å². The molecule has 0 aliphatic carbocycles. The molecule has 2 atom stereocenters. The number of aromatic nitrogens is 2. The third-order valence-corrected chi connectivity index (χ3v) is 5.13. The van der Waals surface area contributed by atoms with E-state index in [2.05, 4.69) is 20.6 Å². The first-order valence-electron chi connectivity index (χ1n) is 7.42. The number of pyridine rings is 2. The van der Waals surface area contributed by atoms with Gasteiger partial charge in [0.25, 0.3) is 0 Å². The molecule has 0 saturated carbocycles. The molecular formula is C17H23N4O3S-. The summed E-state index contributed by atoms with van der Waals surface area (Å²) in [7, 11) is 1.89. The molecule has 136 valence electrons. The average molecular weight is 363 g/mol. The van der Waals surface area contributed by atoms with Crippen LogP contribution < -0.4 is 14.8 Å². The highest BCUT2D eigenvalue weighted by Gasteiger charge is 2.22. The maximum Gasteiger partial charge on any atom is 0.128 e. The van der Waals surface area contributed by atoms with Crippen molar-refractivity contribution in [2.75, 3.05) is 19.5 Å². The smallest absolute Gasteiger partial charge is 0.128 e. The SMILES string of the molecule is C.COc1ccc2c(n1)[N-]C(S(=O)Cc1ncc(C)c(OC)c1C)N2. The summed E-state index contributed by atoms with van der Waals surface area (Å²) in [6.45, 7) is 3.86. The van der Waals surface area contributed by atoms with E-state index in [1.54, 1.807) is 26.5 Å². The number of ether oxygens (including phenoxy) is 2. The van der Waals surface area contributed by atoms with Crippen molar-refractivity contribution in [2.45, 2.75) is 32.5 Å². The molecule has 7 nitrogen and oxygen atoms in total. The molecule has 3 heterocycles. The molecule has 2 aromatic heterocycles. The van der Waals surface area contributed by atoms with Crippen molar-refractivity contribution in [2.24, 2.45) is 0 Å². The Morgan fingerprint density at radius 3 is 2.72 bits per heavy atom. The maximum absolute atomic E-state index is 12.7. The third-order valence-electron chi connectivity index (χ3n) is 3.86. The molecule has 1 aliphatic rings. The Morgan fingerprint density at radius 2 is 2.04 bits per heavy atom. The van der Waals surface area contributed by atoms with Crippen LogP contribution in [-0.4, -0.2) is 33.9 Å². The van der Waals surface area contributed by atoms with Crippen LogP contribution >= 0.6 is 0 Å². The van der Waals surface area contributed by atoms with Gasteiger partial charge in [0.05, 0.1) is 25.7 Å². The van der Waals surface area contributed by atoms with Crippen LogP contribution in [0.3, 0.4) is 0 Å². The molecular weight excluding hydrogens is 340 g/mol. The summed E-state index contributed by atoms with van der Waals surface area (Å²) in [5.74, 6) is 2.06. The number of rotatable bonds is 5. The van der Waals surface area contributed by atoms with E-state index in [0.29, 0.717) is 11.7 Å². The molecule has 0 spiro atoms. The molecule has 0 aromatic carbocycles. The van der Waals surface area contributed by atoms with Gasteiger partial charge in [-0.1, -0.05) is 7.43 Å². The zero-order valence-electron chi connectivity index (χ0n) is 14.0. The predicted octanol–water partition coefficient (Wildman–Crippen LogP) is 3.41. The number of hydrogen-bond acceptors (Lipinski definition) is 6. The van der Waals surface area contributed by atoms with Crippen molar-refractivity contribution in [3.63, 3.8) is 0 Å². The first kappa shape index (κ1) is 19.0. The van der Waals surface area contributed by atoms with Gasteiger partial charge in [0.1, 0.15) is 17.1 Å². The summed E-state index contributed by atoms with van der Waals surface area (Å²) in [6, 6.07) is 3.56. The number of nitrogens with zero attached hydrogens (tertiary/aromatic N) is 3. The lowest BCUT2D eigenvalue weighted by molar-refractivity contribution is 0.399. The first-order valence-corrected chi connectivity index (χ1v) is 8.80. The van der Waals surface area contributed by atoms with Gasteiger partial charge in [0.2, 0.25) is 0 Å². The third kappa shape index (κ3) is 3.68. The minimum Gasteiger partial charge on any atom is -0.500 e. The molecule has 1 N–H and O–H groups in total. The summed E-state index contributed by atoms with van der Waals surface area (Å²) in [5.41, 5.74) is 2.81. The van der Waals surface area contributed by atoms with E-state index in [-0.39, 0.29) is 13.2 Å². The minimum absolute atomic E-state index is 0. The number of fused-ring (bicyclic) bond motifs is 1. The van der Waals surface area contributed by atoms with Crippen LogP contribution in [0.15, 0.2) is 18.3 Å². The number of anilines is 1. The van der Waals surface area contributed by atoms with Crippen LogP contribution in [0.4, 0.5) is 11.5 Å². The molecule has 2 aromatic rings. The number of methoxy groups -OCH3 is 2. The molecule has 2 unspecified atom stereocenters. The van der Waals surface area contributed by atoms with Gasteiger partial charge in [0.15, 0.2) is 0 Å². The molecule has 0 fully saturated rings. The zero-order chi connectivity index (χ0) is 17.3. The largest absolute Gasteiger partial charge is 0.500 e. The molecule has 0 radical (unpaired) electrons. The van der Waals surface area contributed by atoms with Crippen molar-refractivity contribution in [3.8, 4) is 11.6 Å². The van der Waals surface area contributed by atoms with Gasteiger partial charge < -0.3 is 25.1 Å². The predicted molar refractivity (Wildman–Crippen MR) is 100 cm³/mol. The quantitative estimate of drug-likeness (QED) is 0.876. The maximum atomic E-state index is 12.7. The molecule has 8 heteroatoms. The second kappa shape index (κ2) is 7.69.